The number of nitro benzene ring substituents is 1. The first-order valence-electron chi connectivity index (χ1n) is 9.86. The highest BCUT2D eigenvalue weighted by atomic mass is 16.6. The van der Waals surface area contributed by atoms with Crippen LogP contribution in [0.3, 0.4) is 0 Å². The van der Waals surface area contributed by atoms with Crippen LogP contribution >= 0.6 is 0 Å². The molecule has 0 aromatic heterocycles. The fraction of sp³-hybridized carbons (Fsp3) is 0.632. The van der Waals surface area contributed by atoms with Crippen molar-refractivity contribution >= 4 is 11.5 Å². The van der Waals surface area contributed by atoms with E-state index in [2.05, 4.69) is 19.6 Å². The number of nitro groups is 1. The van der Waals surface area contributed by atoms with E-state index in [1.54, 1.807) is 12.1 Å². The monoisotopic (exact) mass is 371 g/mol. The predicted octanol–water partition coefficient (Wildman–Crippen LogP) is 0.380. The van der Waals surface area contributed by atoms with E-state index in [9.17, 15) is 14.9 Å². The Bertz CT molecular complexity index is 748. The number of benzene rings is 1. The van der Waals surface area contributed by atoms with Gasteiger partial charge in [0, 0.05) is 51.4 Å². The smallest absolute Gasteiger partial charge is 0.269 e. The first-order chi connectivity index (χ1) is 13.1. The zero-order valence-electron chi connectivity index (χ0n) is 15.4. The molecule has 4 fully saturated rings. The minimum atomic E-state index is -0.383. The molecule has 3 unspecified atom stereocenters. The molecular weight excluding hydrogens is 346 g/mol. The molecule has 0 N–H and O–H groups in total. The summed E-state index contributed by atoms with van der Waals surface area (Å²) >= 11 is 0. The van der Waals surface area contributed by atoms with Crippen molar-refractivity contribution in [3.8, 4) is 0 Å². The van der Waals surface area contributed by atoms with Gasteiger partial charge in [0.25, 0.3) is 5.69 Å². The van der Waals surface area contributed by atoms with Crippen LogP contribution in [0, 0.1) is 10.1 Å². The third kappa shape index (κ3) is 2.87. The second-order valence-corrected chi connectivity index (χ2v) is 8.07. The standard InChI is InChI=1S/C19H25N5O3/c25-17-13-22-9-8-20-6-1-7-21-10-11-23(19(22)18(20)21)16(17)12-14-2-4-15(5-3-14)24(26)27/h2-5,16,18-19H,1,6-13H2. The first kappa shape index (κ1) is 17.2. The third-order valence-corrected chi connectivity index (χ3v) is 6.65. The van der Waals surface area contributed by atoms with Crippen molar-refractivity contribution in [3.63, 3.8) is 0 Å². The number of hydrogen-bond acceptors (Lipinski definition) is 7. The van der Waals surface area contributed by atoms with Crippen LogP contribution in [0.2, 0.25) is 0 Å². The summed E-state index contributed by atoms with van der Waals surface area (Å²) in [6.45, 7) is 6.76. The Hall–Kier alpha value is -1.87. The third-order valence-electron chi connectivity index (χ3n) is 6.65. The molecule has 0 amide bonds. The summed E-state index contributed by atoms with van der Waals surface area (Å²) in [6.07, 6.45) is 2.55. The van der Waals surface area contributed by atoms with E-state index >= 15 is 0 Å². The van der Waals surface area contributed by atoms with Gasteiger partial charge >= 0.3 is 0 Å². The lowest BCUT2D eigenvalue weighted by atomic mass is 9.92. The Morgan fingerprint density at radius 2 is 1.59 bits per heavy atom. The maximum Gasteiger partial charge on any atom is 0.269 e. The summed E-state index contributed by atoms with van der Waals surface area (Å²) < 4.78 is 0. The van der Waals surface area contributed by atoms with Crippen LogP contribution in [0.1, 0.15) is 12.0 Å². The summed E-state index contributed by atoms with van der Waals surface area (Å²) in [5.41, 5.74) is 1.09. The molecule has 1 aromatic carbocycles. The van der Waals surface area contributed by atoms with Gasteiger partial charge in [-0.05, 0) is 18.4 Å². The molecule has 0 saturated carbocycles. The van der Waals surface area contributed by atoms with E-state index in [0.717, 1.165) is 44.8 Å². The van der Waals surface area contributed by atoms with Crippen molar-refractivity contribution in [1.82, 2.24) is 19.6 Å². The maximum atomic E-state index is 13.0. The van der Waals surface area contributed by atoms with Gasteiger partial charge in [0.15, 0.2) is 5.78 Å². The molecule has 0 bridgehead atoms. The summed E-state index contributed by atoms with van der Waals surface area (Å²) in [5, 5.41) is 10.9. The molecular formula is C19H25N5O3. The summed E-state index contributed by atoms with van der Waals surface area (Å²) in [7, 11) is 0. The summed E-state index contributed by atoms with van der Waals surface area (Å²) in [4.78, 5) is 33.4. The highest BCUT2D eigenvalue weighted by Crippen LogP contribution is 2.34. The molecule has 8 nitrogen and oxygen atoms in total. The van der Waals surface area contributed by atoms with Crippen LogP contribution in [-0.4, -0.2) is 94.5 Å². The Kier molecular flexibility index (Phi) is 4.23. The van der Waals surface area contributed by atoms with Crippen LogP contribution < -0.4 is 0 Å². The molecule has 5 rings (SSSR count). The Morgan fingerprint density at radius 1 is 0.926 bits per heavy atom. The molecule has 0 aliphatic carbocycles. The van der Waals surface area contributed by atoms with Crippen molar-refractivity contribution in [2.45, 2.75) is 31.2 Å². The molecule has 27 heavy (non-hydrogen) atoms. The molecule has 4 saturated heterocycles. The molecule has 3 atom stereocenters. The van der Waals surface area contributed by atoms with Gasteiger partial charge in [-0.3, -0.25) is 34.5 Å². The molecule has 0 spiro atoms. The van der Waals surface area contributed by atoms with Crippen LogP contribution in [-0.2, 0) is 11.2 Å². The summed E-state index contributed by atoms with van der Waals surface area (Å²) in [6, 6.07) is 6.54. The fourth-order valence-electron chi connectivity index (χ4n) is 5.38. The highest BCUT2D eigenvalue weighted by molar-refractivity contribution is 5.87. The van der Waals surface area contributed by atoms with E-state index in [0.29, 0.717) is 19.1 Å². The van der Waals surface area contributed by atoms with Gasteiger partial charge in [0.05, 0.1) is 29.8 Å². The highest BCUT2D eigenvalue weighted by Gasteiger charge is 2.52. The van der Waals surface area contributed by atoms with E-state index in [-0.39, 0.29) is 28.6 Å². The lowest BCUT2D eigenvalue weighted by Crippen LogP contribution is -2.80. The van der Waals surface area contributed by atoms with E-state index in [4.69, 9.17) is 0 Å². The van der Waals surface area contributed by atoms with Gasteiger partial charge in [-0.25, -0.2) is 0 Å². The van der Waals surface area contributed by atoms with Crippen molar-refractivity contribution in [2.75, 3.05) is 45.8 Å². The number of rotatable bonds is 3. The average molecular weight is 371 g/mol. The molecule has 144 valence electrons. The molecule has 4 aliphatic rings. The predicted molar refractivity (Wildman–Crippen MR) is 99.2 cm³/mol. The van der Waals surface area contributed by atoms with Gasteiger partial charge in [-0.2, -0.15) is 0 Å². The number of piperazine rings is 2. The Labute approximate surface area is 158 Å². The van der Waals surface area contributed by atoms with Crippen LogP contribution in [0.25, 0.3) is 0 Å². The zero-order valence-corrected chi connectivity index (χ0v) is 15.4. The number of carbonyl (C=O) groups excluding carboxylic acids is 1. The van der Waals surface area contributed by atoms with E-state index in [1.807, 2.05) is 0 Å². The number of hydrogen-bond donors (Lipinski definition) is 0. The second-order valence-electron chi connectivity index (χ2n) is 8.07. The number of non-ortho nitro benzene ring substituents is 1. The number of ketones is 1. The number of Topliss-reactive ketones (excluding diaryl/α,β-unsaturated/α-hetero) is 1. The van der Waals surface area contributed by atoms with Crippen LogP contribution in [0.4, 0.5) is 5.69 Å². The maximum absolute atomic E-state index is 13.0. The average Bonchev–Trinajstić information content (AvgIpc) is 2.68. The fourth-order valence-corrected chi connectivity index (χ4v) is 5.38. The molecule has 0 radical (unpaired) electrons. The van der Waals surface area contributed by atoms with Crippen LogP contribution in [0.15, 0.2) is 24.3 Å². The summed E-state index contributed by atoms with van der Waals surface area (Å²) in [5.74, 6) is 0.280. The molecule has 4 aliphatic heterocycles. The van der Waals surface area contributed by atoms with Crippen molar-refractivity contribution in [3.05, 3.63) is 39.9 Å². The minimum absolute atomic E-state index is 0.0960. The largest absolute Gasteiger partial charge is 0.296 e. The number of nitrogens with zero attached hydrogens (tertiary/aromatic N) is 5. The van der Waals surface area contributed by atoms with Crippen LogP contribution in [0.5, 0.6) is 0 Å². The first-order valence-corrected chi connectivity index (χ1v) is 9.86. The SMILES string of the molecule is O=C1CN2CCN3CCCN4CCN(C1Cc1ccc([N+](=O)[O-])cc1)C2C34. The van der Waals surface area contributed by atoms with E-state index in [1.165, 1.54) is 18.6 Å². The zero-order chi connectivity index (χ0) is 18.5. The van der Waals surface area contributed by atoms with Gasteiger partial charge in [-0.15, -0.1) is 0 Å². The topological polar surface area (TPSA) is 73.2 Å². The van der Waals surface area contributed by atoms with Crippen molar-refractivity contribution in [1.29, 1.82) is 0 Å². The van der Waals surface area contributed by atoms with Gasteiger partial charge in [-0.1, -0.05) is 12.1 Å². The molecule has 4 heterocycles. The normalized spacial score (nSPS) is 32.3. The molecule has 8 heteroatoms. The Morgan fingerprint density at radius 3 is 2.30 bits per heavy atom. The quantitative estimate of drug-likeness (QED) is 0.562. The molecule has 1 aromatic rings. The lowest BCUT2D eigenvalue weighted by Gasteiger charge is -2.62. The van der Waals surface area contributed by atoms with Gasteiger partial charge in [0.1, 0.15) is 0 Å². The number of carbonyl (C=O) groups is 1. The Balaban J connectivity index is 1.40. The van der Waals surface area contributed by atoms with Crippen molar-refractivity contribution < 1.29 is 9.72 Å². The van der Waals surface area contributed by atoms with Crippen molar-refractivity contribution in [2.24, 2.45) is 0 Å². The van der Waals surface area contributed by atoms with E-state index < -0.39 is 0 Å². The second kappa shape index (κ2) is 6.63. The van der Waals surface area contributed by atoms with Gasteiger partial charge < -0.3 is 0 Å². The lowest BCUT2D eigenvalue weighted by molar-refractivity contribution is -0.384. The van der Waals surface area contributed by atoms with Gasteiger partial charge in [0.2, 0.25) is 0 Å². The minimum Gasteiger partial charge on any atom is -0.296 e.